The molecule has 0 saturated carbocycles. The number of nitro groups is 1. The fourth-order valence-corrected chi connectivity index (χ4v) is 6.19. The lowest BCUT2D eigenvalue weighted by Gasteiger charge is -2.24. The molecule has 0 aromatic heterocycles. The van der Waals surface area contributed by atoms with E-state index in [4.69, 9.17) is 4.52 Å². The van der Waals surface area contributed by atoms with Gasteiger partial charge in [0.25, 0.3) is 5.69 Å². The predicted octanol–water partition coefficient (Wildman–Crippen LogP) is 5.75. The van der Waals surface area contributed by atoms with Crippen molar-refractivity contribution in [2.75, 3.05) is 26.2 Å². The van der Waals surface area contributed by atoms with Crippen molar-refractivity contribution in [1.82, 2.24) is 9.34 Å². The number of rotatable bonds is 8. The van der Waals surface area contributed by atoms with Crippen LogP contribution in [0.2, 0.25) is 0 Å². The summed E-state index contributed by atoms with van der Waals surface area (Å²) in [5.41, 5.74) is 4.21. The van der Waals surface area contributed by atoms with E-state index in [9.17, 15) is 14.7 Å². The molecule has 0 bridgehead atoms. The number of nitrogens with zero attached hydrogens (tertiary/aromatic N) is 3. The Morgan fingerprint density at radius 1 is 0.875 bits per heavy atom. The molecule has 2 heterocycles. The molecule has 3 aromatic carbocycles. The van der Waals surface area contributed by atoms with Gasteiger partial charge in [0, 0.05) is 32.2 Å². The van der Waals surface area contributed by atoms with Crippen LogP contribution in [0.1, 0.15) is 18.6 Å². The quantitative estimate of drug-likeness (QED) is 0.189. The fourth-order valence-electron chi connectivity index (χ4n) is 3.84. The first-order valence-electron chi connectivity index (χ1n) is 10.7. The van der Waals surface area contributed by atoms with Crippen LogP contribution >= 0.6 is 7.67 Å². The molecule has 1 unspecified atom stereocenters. The van der Waals surface area contributed by atoms with Crippen molar-refractivity contribution in [3.05, 3.63) is 88.5 Å². The van der Waals surface area contributed by atoms with Crippen molar-refractivity contribution < 1.29 is 14.0 Å². The molecule has 8 heteroatoms. The third-order valence-corrected chi connectivity index (χ3v) is 8.67. The SMILES string of the molecule is CC(OP(=O)(N1CC1)N1CC1)c1ccc([N+](=O)[O-])c(-c2ccc(-c3ccccc3)cc2)c1. The van der Waals surface area contributed by atoms with Gasteiger partial charge >= 0.3 is 7.67 Å². The molecule has 2 saturated heterocycles. The van der Waals surface area contributed by atoms with Gasteiger partial charge in [-0.3, -0.25) is 19.2 Å². The molecule has 1 atom stereocenters. The zero-order valence-corrected chi connectivity index (χ0v) is 18.7. The molecule has 3 aromatic rings. The average Bonchev–Trinajstić information content (AvgIpc) is 3.72. The van der Waals surface area contributed by atoms with Crippen LogP contribution in [0.25, 0.3) is 22.3 Å². The maximum atomic E-state index is 13.3. The van der Waals surface area contributed by atoms with Crippen molar-refractivity contribution in [3.63, 3.8) is 0 Å². The predicted molar refractivity (Wildman–Crippen MR) is 124 cm³/mol. The van der Waals surface area contributed by atoms with Gasteiger partial charge in [-0.05, 0) is 41.3 Å². The summed E-state index contributed by atoms with van der Waals surface area (Å²) in [5, 5.41) is 11.7. The Morgan fingerprint density at radius 2 is 1.44 bits per heavy atom. The molecule has 0 aliphatic carbocycles. The van der Waals surface area contributed by atoms with Crippen LogP contribution in [0, 0.1) is 10.1 Å². The lowest BCUT2D eigenvalue weighted by Crippen LogP contribution is -2.10. The molecule has 164 valence electrons. The average molecular weight is 449 g/mol. The van der Waals surface area contributed by atoms with Gasteiger partial charge in [-0.2, -0.15) is 0 Å². The summed E-state index contributed by atoms with van der Waals surface area (Å²) in [7, 11) is -2.99. The van der Waals surface area contributed by atoms with Gasteiger partial charge in [-0.1, -0.05) is 54.6 Å². The Labute approximate surface area is 186 Å². The molecule has 2 fully saturated rings. The summed E-state index contributed by atoms with van der Waals surface area (Å²) in [6.07, 6.45) is -0.454. The second kappa shape index (κ2) is 8.26. The lowest BCUT2D eigenvalue weighted by molar-refractivity contribution is -0.384. The maximum Gasteiger partial charge on any atom is 0.346 e. The van der Waals surface area contributed by atoms with Crippen LogP contribution in [-0.2, 0) is 9.09 Å². The van der Waals surface area contributed by atoms with E-state index in [1.165, 1.54) is 6.07 Å². The minimum atomic E-state index is -2.99. The lowest BCUT2D eigenvalue weighted by atomic mass is 9.97. The van der Waals surface area contributed by atoms with E-state index in [2.05, 4.69) is 0 Å². The molecular weight excluding hydrogens is 425 g/mol. The third-order valence-electron chi connectivity index (χ3n) is 5.85. The molecule has 2 aliphatic heterocycles. The fraction of sp³-hybridized carbons (Fsp3) is 0.250. The molecule has 0 radical (unpaired) electrons. The highest BCUT2D eigenvalue weighted by atomic mass is 31.2. The number of nitro benzene ring substituents is 1. The van der Waals surface area contributed by atoms with Gasteiger partial charge in [-0.25, -0.2) is 9.34 Å². The summed E-state index contributed by atoms with van der Waals surface area (Å²) < 4.78 is 23.2. The monoisotopic (exact) mass is 449 g/mol. The normalized spacial score (nSPS) is 17.2. The van der Waals surface area contributed by atoms with Crippen LogP contribution in [0.3, 0.4) is 0 Å². The van der Waals surface area contributed by atoms with Gasteiger partial charge in [0.15, 0.2) is 0 Å². The van der Waals surface area contributed by atoms with E-state index in [1.807, 2.05) is 70.9 Å². The molecule has 32 heavy (non-hydrogen) atoms. The molecule has 5 rings (SSSR count). The van der Waals surface area contributed by atoms with E-state index >= 15 is 0 Å². The Balaban J connectivity index is 1.46. The Bertz CT molecular complexity index is 1180. The molecule has 7 nitrogen and oxygen atoms in total. The van der Waals surface area contributed by atoms with Crippen molar-refractivity contribution in [1.29, 1.82) is 0 Å². The summed E-state index contributed by atoms with van der Waals surface area (Å²) in [5.74, 6) is 0. The molecule has 0 amide bonds. The number of hydrogen-bond acceptors (Lipinski definition) is 4. The topological polar surface area (TPSA) is 75.5 Å². The smallest absolute Gasteiger partial charge is 0.298 e. The summed E-state index contributed by atoms with van der Waals surface area (Å²) in [6.45, 7) is 4.96. The Morgan fingerprint density at radius 3 is 2.00 bits per heavy atom. The summed E-state index contributed by atoms with van der Waals surface area (Å²) in [6, 6.07) is 22.7. The van der Waals surface area contributed by atoms with Gasteiger partial charge in [0.2, 0.25) is 0 Å². The van der Waals surface area contributed by atoms with Crippen LogP contribution in [0.4, 0.5) is 5.69 Å². The molecule has 0 N–H and O–H groups in total. The zero-order chi connectivity index (χ0) is 22.3. The molecule has 0 spiro atoms. The molecule has 2 aliphatic rings. The van der Waals surface area contributed by atoms with Crippen LogP contribution < -0.4 is 0 Å². The van der Waals surface area contributed by atoms with Crippen LogP contribution in [0.5, 0.6) is 0 Å². The van der Waals surface area contributed by atoms with Gasteiger partial charge in [0.05, 0.1) is 16.6 Å². The first kappa shape index (κ1) is 21.0. The zero-order valence-electron chi connectivity index (χ0n) is 17.8. The maximum absolute atomic E-state index is 13.3. The highest BCUT2D eigenvalue weighted by molar-refractivity contribution is 7.54. The minimum absolute atomic E-state index is 0.0356. The van der Waals surface area contributed by atoms with E-state index in [1.54, 1.807) is 12.1 Å². The second-order valence-electron chi connectivity index (χ2n) is 8.12. The largest absolute Gasteiger partial charge is 0.346 e. The molecular formula is C24H24N3O4P. The standard InChI is InChI=1S/C24H24N3O4P/c1-18(31-32(30,25-13-14-25)26-15-16-26)22-11-12-24(27(28)29)23(17-22)21-9-7-20(8-10-21)19-5-3-2-4-6-19/h2-12,17-18H,13-16H2,1H3. The van der Waals surface area contributed by atoms with Crippen molar-refractivity contribution in [2.24, 2.45) is 0 Å². The number of hydrogen-bond donors (Lipinski definition) is 0. The van der Waals surface area contributed by atoms with Crippen molar-refractivity contribution in [2.45, 2.75) is 13.0 Å². The second-order valence-corrected chi connectivity index (χ2v) is 10.4. The van der Waals surface area contributed by atoms with E-state index in [0.29, 0.717) is 5.56 Å². The van der Waals surface area contributed by atoms with Gasteiger partial charge in [-0.15, -0.1) is 0 Å². The summed E-state index contributed by atoms with van der Waals surface area (Å²) >= 11 is 0. The van der Waals surface area contributed by atoms with E-state index < -0.39 is 13.8 Å². The van der Waals surface area contributed by atoms with Crippen molar-refractivity contribution in [3.8, 4) is 22.3 Å². The van der Waals surface area contributed by atoms with Gasteiger partial charge < -0.3 is 0 Å². The highest BCUT2D eigenvalue weighted by Gasteiger charge is 2.50. The minimum Gasteiger partial charge on any atom is -0.298 e. The van der Waals surface area contributed by atoms with E-state index in [-0.39, 0.29) is 10.6 Å². The van der Waals surface area contributed by atoms with Crippen LogP contribution in [0.15, 0.2) is 72.8 Å². The third kappa shape index (κ3) is 4.12. The Kier molecular flexibility index (Phi) is 5.43. The number of benzene rings is 3. The highest BCUT2D eigenvalue weighted by Crippen LogP contribution is 2.63. The first-order valence-corrected chi connectivity index (χ1v) is 12.2. The van der Waals surface area contributed by atoms with E-state index in [0.717, 1.165) is 48.4 Å². The Hall–Kier alpha value is -2.83. The van der Waals surface area contributed by atoms with Crippen LogP contribution in [-0.4, -0.2) is 40.4 Å². The summed E-state index contributed by atoms with van der Waals surface area (Å²) in [4.78, 5) is 11.3. The van der Waals surface area contributed by atoms with Gasteiger partial charge in [0.1, 0.15) is 0 Å². The first-order chi connectivity index (χ1) is 15.5. The van der Waals surface area contributed by atoms with Crippen molar-refractivity contribution >= 4 is 13.4 Å².